The minimum atomic E-state index is 0.456. The Kier molecular flexibility index (Phi) is 5.62. The molecule has 6 nitrogen and oxygen atoms in total. The van der Waals surface area contributed by atoms with Crippen molar-refractivity contribution in [1.29, 1.82) is 0 Å². The van der Waals surface area contributed by atoms with Gasteiger partial charge in [-0.1, -0.05) is 60.2 Å². The molecule has 0 aliphatic heterocycles. The van der Waals surface area contributed by atoms with Gasteiger partial charge in [-0.25, -0.2) is 0 Å². The smallest absolute Gasteiger partial charge is 0.244 e. The van der Waals surface area contributed by atoms with Gasteiger partial charge in [0.25, 0.3) is 0 Å². The van der Waals surface area contributed by atoms with Crippen LogP contribution in [0.4, 0.5) is 17.5 Å². The van der Waals surface area contributed by atoms with E-state index in [9.17, 15) is 0 Å². The van der Waals surface area contributed by atoms with Crippen molar-refractivity contribution in [3.63, 3.8) is 0 Å². The van der Waals surface area contributed by atoms with Crippen LogP contribution in [0.3, 0.4) is 0 Å². The first-order valence-electron chi connectivity index (χ1n) is 9.34. The van der Waals surface area contributed by atoms with Crippen LogP contribution in [0.1, 0.15) is 11.1 Å². The van der Waals surface area contributed by atoms with Gasteiger partial charge in [-0.3, -0.25) is 0 Å². The zero-order valence-electron chi connectivity index (χ0n) is 16.0. The van der Waals surface area contributed by atoms with Crippen molar-refractivity contribution in [2.75, 3.05) is 10.6 Å². The standard InChI is InChI=1S/C23H21N5O/c1-17-11-13-18(14-12-17)15-24-23-27-22(16-25-28-23)26-20-9-5-6-10-21(20)29-19-7-3-2-4-8-19/h2-14,16H,15H2,1H3,(H2,24,26,27,28). The first kappa shape index (κ1) is 18.4. The number of benzene rings is 3. The Labute approximate surface area is 169 Å². The van der Waals surface area contributed by atoms with Gasteiger partial charge in [-0.2, -0.15) is 10.1 Å². The summed E-state index contributed by atoms with van der Waals surface area (Å²) >= 11 is 0. The minimum Gasteiger partial charge on any atom is -0.455 e. The first-order valence-corrected chi connectivity index (χ1v) is 9.34. The quantitative estimate of drug-likeness (QED) is 0.449. The highest BCUT2D eigenvalue weighted by Crippen LogP contribution is 2.30. The third-order valence-electron chi connectivity index (χ3n) is 4.25. The maximum absolute atomic E-state index is 5.98. The zero-order valence-corrected chi connectivity index (χ0v) is 16.0. The largest absolute Gasteiger partial charge is 0.455 e. The highest BCUT2D eigenvalue weighted by molar-refractivity contribution is 5.64. The summed E-state index contributed by atoms with van der Waals surface area (Å²) in [5.41, 5.74) is 3.18. The van der Waals surface area contributed by atoms with E-state index in [1.54, 1.807) is 6.20 Å². The topological polar surface area (TPSA) is 72.0 Å². The Morgan fingerprint density at radius 1 is 0.862 bits per heavy atom. The van der Waals surface area contributed by atoms with Crippen LogP contribution in [0.15, 0.2) is 85.1 Å². The van der Waals surface area contributed by atoms with Crippen LogP contribution in [-0.4, -0.2) is 15.2 Å². The van der Waals surface area contributed by atoms with E-state index >= 15 is 0 Å². The number of ether oxygens (including phenoxy) is 1. The molecule has 0 unspecified atom stereocenters. The Balaban J connectivity index is 1.46. The van der Waals surface area contributed by atoms with E-state index in [0.717, 1.165) is 17.0 Å². The summed E-state index contributed by atoms with van der Waals surface area (Å²) in [6, 6.07) is 25.7. The summed E-state index contributed by atoms with van der Waals surface area (Å²) < 4.78 is 5.98. The van der Waals surface area contributed by atoms with Crippen LogP contribution in [0.5, 0.6) is 11.5 Å². The monoisotopic (exact) mass is 383 g/mol. The van der Waals surface area contributed by atoms with Crippen molar-refractivity contribution in [1.82, 2.24) is 15.2 Å². The van der Waals surface area contributed by atoms with Crippen molar-refractivity contribution in [3.8, 4) is 11.5 Å². The average Bonchev–Trinajstić information content (AvgIpc) is 2.76. The summed E-state index contributed by atoms with van der Waals surface area (Å²) in [7, 11) is 0. The number of rotatable bonds is 7. The third-order valence-corrected chi connectivity index (χ3v) is 4.25. The number of hydrogen-bond donors (Lipinski definition) is 2. The van der Waals surface area contributed by atoms with Crippen LogP contribution < -0.4 is 15.4 Å². The minimum absolute atomic E-state index is 0.456. The van der Waals surface area contributed by atoms with Gasteiger partial charge >= 0.3 is 0 Å². The van der Waals surface area contributed by atoms with E-state index in [2.05, 4.69) is 57.0 Å². The molecule has 0 saturated heterocycles. The summed E-state index contributed by atoms with van der Waals surface area (Å²) in [5, 5.41) is 14.6. The lowest BCUT2D eigenvalue weighted by molar-refractivity contribution is 0.485. The molecule has 4 rings (SSSR count). The second-order valence-electron chi connectivity index (χ2n) is 6.54. The zero-order chi connectivity index (χ0) is 19.9. The molecule has 144 valence electrons. The summed E-state index contributed by atoms with van der Waals surface area (Å²) in [5.74, 6) is 2.50. The first-order chi connectivity index (χ1) is 14.3. The van der Waals surface area contributed by atoms with Gasteiger partial charge in [0.2, 0.25) is 5.95 Å². The van der Waals surface area contributed by atoms with Crippen molar-refractivity contribution < 1.29 is 4.74 Å². The van der Waals surface area contributed by atoms with Crippen molar-refractivity contribution >= 4 is 17.5 Å². The van der Waals surface area contributed by atoms with Crippen LogP contribution in [0.25, 0.3) is 0 Å². The molecule has 0 radical (unpaired) electrons. The van der Waals surface area contributed by atoms with Crippen LogP contribution in [-0.2, 0) is 6.54 Å². The SMILES string of the molecule is Cc1ccc(CNc2nncc(Nc3ccccc3Oc3ccccc3)n2)cc1. The molecule has 0 bridgehead atoms. The Hall–Kier alpha value is -3.93. The van der Waals surface area contributed by atoms with E-state index in [1.807, 2.05) is 54.6 Å². The van der Waals surface area contributed by atoms with Gasteiger partial charge in [0, 0.05) is 6.54 Å². The molecule has 6 heteroatoms. The number of nitrogens with zero attached hydrogens (tertiary/aromatic N) is 3. The lowest BCUT2D eigenvalue weighted by Gasteiger charge is -2.13. The Bertz CT molecular complexity index is 1070. The number of para-hydroxylation sites is 3. The molecule has 0 aliphatic rings. The fourth-order valence-electron chi connectivity index (χ4n) is 2.74. The van der Waals surface area contributed by atoms with E-state index in [4.69, 9.17) is 4.74 Å². The van der Waals surface area contributed by atoms with E-state index in [1.165, 1.54) is 5.56 Å². The molecular formula is C23H21N5O. The molecule has 29 heavy (non-hydrogen) atoms. The maximum atomic E-state index is 5.98. The molecule has 4 aromatic rings. The fraction of sp³-hybridized carbons (Fsp3) is 0.0870. The lowest BCUT2D eigenvalue weighted by Crippen LogP contribution is -2.06. The number of hydrogen-bond acceptors (Lipinski definition) is 6. The number of aromatic nitrogens is 3. The molecule has 0 spiro atoms. The summed E-state index contributed by atoms with van der Waals surface area (Å²) in [4.78, 5) is 4.50. The van der Waals surface area contributed by atoms with Crippen LogP contribution in [0.2, 0.25) is 0 Å². The molecule has 0 saturated carbocycles. The molecule has 0 amide bonds. The average molecular weight is 383 g/mol. The van der Waals surface area contributed by atoms with Crippen LogP contribution >= 0.6 is 0 Å². The maximum Gasteiger partial charge on any atom is 0.244 e. The number of aryl methyl sites for hydroxylation is 1. The van der Waals surface area contributed by atoms with Gasteiger partial charge in [-0.15, -0.1) is 5.10 Å². The molecule has 2 N–H and O–H groups in total. The Morgan fingerprint density at radius 2 is 1.62 bits per heavy atom. The van der Waals surface area contributed by atoms with Crippen molar-refractivity contribution in [2.45, 2.75) is 13.5 Å². The van der Waals surface area contributed by atoms with Gasteiger partial charge in [0.15, 0.2) is 11.6 Å². The predicted molar refractivity (Wildman–Crippen MR) is 115 cm³/mol. The van der Waals surface area contributed by atoms with E-state index in [-0.39, 0.29) is 0 Å². The highest BCUT2D eigenvalue weighted by Gasteiger charge is 2.07. The summed E-state index contributed by atoms with van der Waals surface area (Å²) in [6.45, 7) is 2.69. The molecule has 3 aromatic carbocycles. The number of anilines is 3. The van der Waals surface area contributed by atoms with Gasteiger partial charge in [0.05, 0.1) is 11.9 Å². The summed E-state index contributed by atoms with van der Waals surface area (Å²) in [6.07, 6.45) is 1.58. The van der Waals surface area contributed by atoms with Crippen LogP contribution in [0, 0.1) is 6.92 Å². The second kappa shape index (κ2) is 8.84. The normalized spacial score (nSPS) is 10.4. The van der Waals surface area contributed by atoms with Crippen molar-refractivity contribution in [2.24, 2.45) is 0 Å². The van der Waals surface area contributed by atoms with Gasteiger partial charge in [0.1, 0.15) is 5.75 Å². The molecule has 1 heterocycles. The number of nitrogens with one attached hydrogen (secondary N) is 2. The molecular weight excluding hydrogens is 362 g/mol. The molecule has 1 aromatic heterocycles. The Morgan fingerprint density at radius 3 is 2.45 bits per heavy atom. The molecule has 0 aliphatic carbocycles. The molecule has 0 atom stereocenters. The van der Waals surface area contributed by atoms with Crippen molar-refractivity contribution in [3.05, 3.63) is 96.2 Å². The predicted octanol–water partition coefficient (Wildman–Crippen LogP) is 5.33. The second-order valence-corrected chi connectivity index (χ2v) is 6.54. The van der Waals surface area contributed by atoms with Gasteiger partial charge < -0.3 is 15.4 Å². The molecule has 0 fully saturated rings. The fourth-order valence-corrected chi connectivity index (χ4v) is 2.74. The third kappa shape index (κ3) is 5.07. The lowest BCUT2D eigenvalue weighted by atomic mass is 10.1. The van der Waals surface area contributed by atoms with E-state index in [0.29, 0.717) is 24.1 Å². The van der Waals surface area contributed by atoms with Gasteiger partial charge in [-0.05, 0) is 36.8 Å². The highest BCUT2D eigenvalue weighted by atomic mass is 16.5. The van der Waals surface area contributed by atoms with E-state index < -0.39 is 0 Å².